The Morgan fingerprint density at radius 1 is 1.35 bits per heavy atom. The van der Waals surface area contributed by atoms with E-state index < -0.39 is 0 Å². The van der Waals surface area contributed by atoms with Crippen LogP contribution in [-0.4, -0.2) is 29.4 Å². The fourth-order valence-corrected chi connectivity index (χ4v) is 6.53. The Labute approximate surface area is 155 Å². The van der Waals surface area contributed by atoms with E-state index in [0.717, 1.165) is 38.5 Å². The van der Waals surface area contributed by atoms with E-state index >= 15 is 0 Å². The molecule has 0 heterocycles. The fraction of sp³-hybridized carbons (Fsp3) is 0.682. The molecule has 4 rings (SSSR count). The summed E-state index contributed by atoms with van der Waals surface area (Å²) in [5, 5.41) is 20.7. The number of rotatable bonds is 3. The zero-order valence-corrected chi connectivity index (χ0v) is 15.8. The molecule has 0 bridgehead atoms. The van der Waals surface area contributed by atoms with Gasteiger partial charge in [-0.05, 0) is 90.9 Å². The molecule has 0 aromatic heterocycles. The highest BCUT2D eigenvalue weighted by molar-refractivity contribution is 5.69. The Bertz CT molecular complexity index is 699. The third-order valence-corrected chi connectivity index (χ3v) is 7.75. The van der Waals surface area contributed by atoms with Crippen LogP contribution in [0.5, 0.6) is 5.75 Å². The van der Waals surface area contributed by atoms with E-state index in [0.29, 0.717) is 35.8 Å². The molecule has 0 unspecified atom stereocenters. The van der Waals surface area contributed by atoms with E-state index in [1.54, 1.807) is 0 Å². The minimum Gasteiger partial charge on any atom is -0.508 e. The fourth-order valence-electron chi connectivity index (χ4n) is 6.53. The molecule has 0 saturated heterocycles. The van der Waals surface area contributed by atoms with Gasteiger partial charge in [0.2, 0.25) is 0 Å². The van der Waals surface area contributed by atoms with Crippen LogP contribution in [0.15, 0.2) is 18.2 Å². The molecule has 0 radical (unpaired) electrons. The molecule has 4 heteroatoms. The van der Waals surface area contributed by atoms with E-state index in [1.807, 2.05) is 12.1 Å². The number of methoxy groups -OCH3 is 1. The summed E-state index contributed by atoms with van der Waals surface area (Å²) in [6.45, 7) is 2.27. The molecule has 2 fully saturated rings. The number of esters is 1. The number of aryl methyl sites for hydroxylation is 1. The highest BCUT2D eigenvalue weighted by Crippen LogP contribution is 2.63. The smallest absolute Gasteiger partial charge is 0.305 e. The molecule has 26 heavy (non-hydrogen) atoms. The average molecular weight is 358 g/mol. The summed E-state index contributed by atoms with van der Waals surface area (Å²) in [5.74, 6) is 2.14. The van der Waals surface area contributed by atoms with E-state index in [9.17, 15) is 15.0 Å². The van der Waals surface area contributed by atoms with Crippen LogP contribution < -0.4 is 0 Å². The normalized spacial score (nSPS) is 38.2. The number of carbonyl (C=O) groups excluding carboxylic acids is 1. The van der Waals surface area contributed by atoms with Gasteiger partial charge >= 0.3 is 5.97 Å². The second-order valence-corrected chi connectivity index (χ2v) is 8.89. The quantitative estimate of drug-likeness (QED) is 0.807. The van der Waals surface area contributed by atoms with Crippen molar-refractivity contribution in [1.82, 2.24) is 0 Å². The minimum atomic E-state index is -0.266. The van der Waals surface area contributed by atoms with Crippen LogP contribution in [0.1, 0.15) is 62.5 Å². The Kier molecular flexibility index (Phi) is 4.50. The Morgan fingerprint density at radius 3 is 2.92 bits per heavy atom. The number of benzene rings is 1. The lowest BCUT2D eigenvalue weighted by Gasteiger charge is -2.51. The van der Waals surface area contributed by atoms with Gasteiger partial charge in [-0.3, -0.25) is 4.79 Å². The zero-order chi connectivity index (χ0) is 18.5. The number of carbonyl (C=O) groups is 1. The summed E-state index contributed by atoms with van der Waals surface area (Å²) in [6.07, 6.45) is 6.06. The summed E-state index contributed by atoms with van der Waals surface area (Å²) in [5.41, 5.74) is 2.66. The number of phenolic OH excluding ortho intramolecular Hbond substituents is 1. The van der Waals surface area contributed by atoms with Gasteiger partial charge in [0.25, 0.3) is 0 Å². The van der Waals surface area contributed by atoms with E-state index in [-0.39, 0.29) is 17.5 Å². The highest BCUT2D eigenvalue weighted by atomic mass is 16.5. The summed E-state index contributed by atoms with van der Waals surface area (Å²) in [4.78, 5) is 11.7. The maximum atomic E-state index is 11.7. The second-order valence-electron chi connectivity index (χ2n) is 8.89. The highest BCUT2D eigenvalue weighted by Gasteiger charge is 2.58. The molecule has 1 aromatic carbocycles. The molecule has 142 valence electrons. The molecule has 1 aromatic rings. The van der Waals surface area contributed by atoms with Crippen molar-refractivity contribution in [2.45, 2.75) is 63.9 Å². The van der Waals surface area contributed by atoms with Crippen LogP contribution in [0.3, 0.4) is 0 Å². The second kappa shape index (κ2) is 6.56. The summed E-state index contributed by atoms with van der Waals surface area (Å²) >= 11 is 0. The van der Waals surface area contributed by atoms with Gasteiger partial charge in [-0.2, -0.15) is 0 Å². The van der Waals surface area contributed by atoms with Gasteiger partial charge in [0, 0.05) is 6.42 Å². The van der Waals surface area contributed by atoms with E-state index in [1.165, 1.54) is 18.2 Å². The van der Waals surface area contributed by atoms with E-state index in [4.69, 9.17) is 4.74 Å². The molecular formula is C22H30O4. The standard InChI is InChI=1S/C22H30O4/c1-22-10-9-17-16-7-5-15(23)11-13(16)3-6-18(17)21(22)14(12-19(22)24)4-8-20(25)26-2/h5,7,11,14,17-19,21,23-24H,3-4,6,8-10,12H2,1-2H3/t14-,17+,18+,19-,21-,22+/m0/s1. The first-order valence-corrected chi connectivity index (χ1v) is 10.0. The van der Waals surface area contributed by atoms with Gasteiger partial charge in [-0.25, -0.2) is 0 Å². The van der Waals surface area contributed by atoms with E-state index in [2.05, 4.69) is 13.0 Å². The lowest BCUT2D eigenvalue weighted by molar-refractivity contribution is -0.141. The van der Waals surface area contributed by atoms with Crippen LogP contribution >= 0.6 is 0 Å². The Hall–Kier alpha value is -1.55. The summed E-state index contributed by atoms with van der Waals surface area (Å²) in [7, 11) is 1.44. The molecule has 6 atom stereocenters. The van der Waals surface area contributed by atoms with Gasteiger partial charge < -0.3 is 14.9 Å². The predicted octanol–water partition coefficient (Wildman–Crippen LogP) is 3.79. The molecule has 0 amide bonds. The van der Waals surface area contributed by atoms with Gasteiger partial charge in [0.15, 0.2) is 0 Å². The lowest BCUT2D eigenvalue weighted by Crippen LogP contribution is -2.45. The first kappa shape index (κ1) is 17.8. The van der Waals surface area contributed by atoms with Crippen LogP contribution in [0.4, 0.5) is 0 Å². The van der Waals surface area contributed by atoms with Crippen molar-refractivity contribution < 1.29 is 19.7 Å². The lowest BCUT2D eigenvalue weighted by atomic mass is 9.54. The number of hydrogen-bond acceptors (Lipinski definition) is 4. The van der Waals surface area contributed by atoms with Gasteiger partial charge in [0.05, 0.1) is 13.2 Å². The number of fused-ring (bicyclic) bond motifs is 5. The first-order chi connectivity index (χ1) is 12.4. The number of hydrogen-bond donors (Lipinski definition) is 2. The Balaban J connectivity index is 1.62. The third kappa shape index (κ3) is 2.74. The molecule has 0 spiro atoms. The van der Waals surface area contributed by atoms with Gasteiger partial charge in [0.1, 0.15) is 5.75 Å². The SMILES string of the molecule is COC(=O)CC[C@H]1C[C@H](O)[C@@]2(C)CC[C@@H]3c4ccc(O)cc4CC[C@H]3[C@H]12. The maximum Gasteiger partial charge on any atom is 0.305 e. The summed E-state index contributed by atoms with van der Waals surface area (Å²) < 4.78 is 4.84. The Morgan fingerprint density at radius 2 is 2.15 bits per heavy atom. The van der Waals surface area contributed by atoms with Gasteiger partial charge in [-0.1, -0.05) is 13.0 Å². The topological polar surface area (TPSA) is 66.8 Å². The number of aliphatic hydroxyl groups excluding tert-OH is 1. The van der Waals surface area contributed by atoms with Crippen LogP contribution in [-0.2, 0) is 16.0 Å². The van der Waals surface area contributed by atoms with Crippen molar-refractivity contribution >= 4 is 5.97 Å². The van der Waals surface area contributed by atoms with Crippen LogP contribution in [0, 0.1) is 23.2 Å². The van der Waals surface area contributed by atoms with Crippen LogP contribution in [0.2, 0.25) is 0 Å². The number of aromatic hydroxyl groups is 1. The van der Waals surface area contributed by atoms with Crippen molar-refractivity contribution in [2.75, 3.05) is 7.11 Å². The van der Waals surface area contributed by atoms with Crippen molar-refractivity contribution in [2.24, 2.45) is 23.2 Å². The first-order valence-electron chi connectivity index (χ1n) is 10.0. The minimum absolute atomic E-state index is 0.0314. The largest absolute Gasteiger partial charge is 0.508 e. The molecule has 4 nitrogen and oxygen atoms in total. The predicted molar refractivity (Wildman–Crippen MR) is 98.9 cm³/mol. The zero-order valence-electron chi connectivity index (χ0n) is 15.8. The average Bonchev–Trinajstić information content (AvgIpc) is 2.89. The molecule has 3 aliphatic carbocycles. The number of ether oxygens (including phenoxy) is 1. The molecule has 2 N–H and O–H groups in total. The van der Waals surface area contributed by atoms with Crippen molar-refractivity contribution in [3.63, 3.8) is 0 Å². The van der Waals surface area contributed by atoms with Crippen molar-refractivity contribution in [1.29, 1.82) is 0 Å². The summed E-state index contributed by atoms with van der Waals surface area (Å²) in [6, 6.07) is 5.85. The van der Waals surface area contributed by atoms with Crippen molar-refractivity contribution in [3.05, 3.63) is 29.3 Å². The maximum absolute atomic E-state index is 11.7. The van der Waals surface area contributed by atoms with Gasteiger partial charge in [-0.15, -0.1) is 0 Å². The number of phenols is 1. The molecule has 3 aliphatic rings. The molecular weight excluding hydrogens is 328 g/mol. The monoisotopic (exact) mass is 358 g/mol. The number of aliphatic hydroxyl groups is 1. The van der Waals surface area contributed by atoms with Crippen LogP contribution in [0.25, 0.3) is 0 Å². The van der Waals surface area contributed by atoms with Crippen molar-refractivity contribution in [3.8, 4) is 5.75 Å². The molecule has 2 saturated carbocycles. The third-order valence-electron chi connectivity index (χ3n) is 7.75. The molecule has 0 aliphatic heterocycles.